The molecule has 3 rings (SSSR count). The predicted octanol–water partition coefficient (Wildman–Crippen LogP) is 4.34. The number of furan rings is 1. The molecule has 0 spiro atoms. The highest BCUT2D eigenvalue weighted by molar-refractivity contribution is 6.30. The van der Waals surface area contributed by atoms with E-state index in [2.05, 4.69) is 6.92 Å². The molecule has 2 aromatic rings. The molecule has 0 aliphatic heterocycles. The first-order chi connectivity index (χ1) is 10.1. The van der Waals surface area contributed by atoms with E-state index in [4.69, 9.17) is 20.8 Å². The van der Waals surface area contributed by atoms with Crippen molar-refractivity contribution in [2.45, 2.75) is 31.8 Å². The van der Waals surface area contributed by atoms with Gasteiger partial charge in [0.05, 0.1) is 7.11 Å². The monoisotopic (exact) mass is 306 g/mol. The minimum atomic E-state index is -0.694. The van der Waals surface area contributed by atoms with Crippen LogP contribution in [0, 0.1) is 5.92 Å². The van der Waals surface area contributed by atoms with Gasteiger partial charge < -0.3 is 14.3 Å². The number of benzene rings is 1. The van der Waals surface area contributed by atoms with E-state index in [-0.39, 0.29) is 0 Å². The molecule has 21 heavy (non-hydrogen) atoms. The molecule has 0 saturated heterocycles. The molecule has 3 unspecified atom stereocenters. The highest BCUT2D eigenvalue weighted by Gasteiger charge is 2.36. The van der Waals surface area contributed by atoms with Crippen molar-refractivity contribution in [1.29, 1.82) is 0 Å². The Balaban J connectivity index is 1.75. The molecule has 3 nitrogen and oxygen atoms in total. The second kappa shape index (κ2) is 5.74. The van der Waals surface area contributed by atoms with Gasteiger partial charge in [-0.25, -0.2) is 0 Å². The Labute approximate surface area is 129 Å². The third-order valence-electron chi connectivity index (χ3n) is 4.11. The number of rotatable bonds is 5. The Morgan fingerprint density at radius 2 is 2.14 bits per heavy atom. The lowest BCUT2D eigenvalue weighted by atomic mass is 10.1. The molecule has 1 aliphatic rings. The Kier molecular flexibility index (Phi) is 3.96. The fourth-order valence-electron chi connectivity index (χ4n) is 2.68. The van der Waals surface area contributed by atoms with Crippen molar-refractivity contribution in [3.05, 3.63) is 52.4 Å². The molecule has 1 aromatic heterocycles. The summed E-state index contributed by atoms with van der Waals surface area (Å²) in [4.78, 5) is 0. The first kappa shape index (κ1) is 14.5. The first-order valence-electron chi connectivity index (χ1n) is 7.18. The number of aliphatic hydroxyl groups excluding tert-OH is 1. The van der Waals surface area contributed by atoms with Gasteiger partial charge in [0.1, 0.15) is 23.4 Å². The van der Waals surface area contributed by atoms with Crippen molar-refractivity contribution < 1.29 is 14.3 Å². The minimum absolute atomic E-state index is 0.414. The molecule has 4 heteroatoms. The average Bonchev–Trinajstić information content (AvgIpc) is 3.00. The summed E-state index contributed by atoms with van der Waals surface area (Å²) >= 11 is 6.01. The van der Waals surface area contributed by atoms with Crippen LogP contribution in [-0.4, -0.2) is 12.2 Å². The molecule has 1 aliphatic carbocycles. The zero-order valence-electron chi connectivity index (χ0n) is 12.2. The second-order valence-electron chi connectivity index (χ2n) is 5.74. The predicted molar refractivity (Wildman–Crippen MR) is 81.9 cm³/mol. The minimum Gasteiger partial charge on any atom is -0.496 e. The second-order valence-corrected chi connectivity index (χ2v) is 6.17. The van der Waals surface area contributed by atoms with Crippen LogP contribution in [0.2, 0.25) is 5.02 Å². The van der Waals surface area contributed by atoms with Crippen molar-refractivity contribution >= 4 is 11.6 Å². The highest BCUT2D eigenvalue weighted by Crippen LogP contribution is 2.47. The fourth-order valence-corrected chi connectivity index (χ4v) is 2.88. The maximum atomic E-state index is 10.4. The molecule has 1 saturated carbocycles. The summed E-state index contributed by atoms with van der Waals surface area (Å²) in [7, 11) is 1.61. The van der Waals surface area contributed by atoms with Crippen LogP contribution in [-0.2, 0) is 6.42 Å². The fraction of sp³-hybridized carbons (Fsp3) is 0.412. The molecule has 3 atom stereocenters. The summed E-state index contributed by atoms with van der Waals surface area (Å²) in [5, 5.41) is 11.0. The van der Waals surface area contributed by atoms with E-state index >= 15 is 0 Å². The maximum absolute atomic E-state index is 10.4. The van der Waals surface area contributed by atoms with Gasteiger partial charge in [-0.3, -0.25) is 0 Å². The third-order valence-corrected chi connectivity index (χ3v) is 4.34. The van der Waals surface area contributed by atoms with E-state index in [9.17, 15) is 5.11 Å². The summed E-state index contributed by atoms with van der Waals surface area (Å²) in [6.07, 6.45) is 0.891. The maximum Gasteiger partial charge on any atom is 0.133 e. The number of aliphatic hydroxyl groups is 1. The molecule has 1 fully saturated rings. The number of ether oxygens (including phenoxy) is 1. The number of hydrogen-bond donors (Lipinski definition) is 1. The number of halogens is 1. The van der Waals surface area contributed by atoms with Gasteiger partial charge in [0.25, 0.3) is 0 Å². The van der Waals surface area contributed by atoms with Crippen LogP contribution in [0.1, 0.15) is 42.5 Å². The van der Waals surface area contributed by atoms with E-state index in [1.807, 2.05) is 24.3 Å². The summed E-state index contributed by atoms with van der Waals surface area (Å²) in [6.45, 7) is 2.21. The van der Waals surface area contributed by atoms with Crippen molar-refractivity contribution in [1.82, 2.24) is 0 Å². The van der Waals surface area contributed by atoms with Gasteiger partial charge in [-0.05, 0) is 48.2 Å². The Hall–Kier alpha value is -1.45. The zero-order valence-corrected chi connectivity index (χ0v) is 12.9. The summed E-state index contributed by atoms with van der Waals surface area (Å²) in [5.41, 5.74) is 0.871. The van der Waals surface area contributed by atoms with Gasteiger partial charge in [0.2, 0.25) is 0 Å². The van der Waals surface area contributed by atoms with Crippen LogP contribution in [0.3, 0.4) is 0 Å². The van der Waals surface area contributed by atoms with Gasteiger partial charge in [0, 0.05) is 17.4 Å². The van der Waals surface area contributed by atoms with Crippen molar-refractivity contribution in [2.75, 3.05) is 7.11 Å². The van der Waals surface area contributed by atoms with Crippen LogP contribution in [0.15, 0.2) is 34.7 Å². The summed E-state index contributed by atoms with van der Waals surface area (Å²) in [6, 6.07) is 9.24. The zero-order chi connectivity index (χ0) is 15.0. The largest absolute Gasteiger partial charge is 0.496 e. The molecular formula is C17H19ClO3. The quantitative estimate of drug-likeness (QED) is 0.893. The Bertz CT molecular complexity index is 635. The number of methoxy groups -OCH3 is 1. The van der Waals surface area contributed by atoms with Crippen LogP contribution in [0.25, 0.3) is 0 Å². The molecule has 1 aromatic carbocycles. The third kappa shape index (κ3) is 3.09. The lowest BCUT2D eigenvalue weighted by molar-refractivity contribution is 0.147. The summed E-state index contributed by atoms with van der Waals surface area (Å²) < 4.78 is 11.1. The van der Waals surface area contributed by atoms with E-state index in [0.717, 1.165) is 17.1 Å². The first-order valence-corrected chi connectivity index (χ1v) is 7.56. The topological polar surface area (TPSA) is 42.6 Å². The normalized spacial score (nSPS) is 22.1. The summed E-state index contributed by atoms with van der Waals surface area (Å²) in [5.74, 6) is 3.52. The highest BCUT2D eigenvalue weighted by atomic mass is 35.5. The van der Waals surface area contributed by atoms with Crippen molar-refractivity contribution in [2.24, 2.45) is 5.92 Å². The van der Waals surface area contributed by atoms with Crippen LogP contribution in [0.4, 0.5) is 0 Å². The molecule has 1 N–H and O–H groups in total. The lowest BCUT2D eigenvalue weighted by Gasteiger charge is -2.12. The molecule has 0 bridgehead atoms. The van der Waals surface area contributed by atoms with E-state index in [1.54, 1.807) is 13.2 Å². The average molecular weight is 307 g/mol. The lowest BCUT2D eigenvalue weighted by Crippen LogP contribution is -2.02. The van der Waals surface area contributed by atoms with Crippen molar-refractivity contribution in [3.8, 4) is 5.75 Å². The molecule has 0 amide bonds. The molecule has 112 valence electrons. The van der Waals surface area contributed by atoms with Crippen LogP contribution in [0.5, 0.6) is 5.75 Å². The van der Waals surface area contributed by atoms with Gasteiger partial charge >= 0.3 is 0 Å². The van der Waals surface area contributed by atoms with E-state index in [1.165, 1.54) is 6.42 Å². The molecular weight excluding hydrogens is 288 g/mol. The number of hydrogen-bond acceptors (Lipinski definition) is 3. The van der Waals surface area contributed by atoms with E-state index in [0.29, 0.717) is 29.0 Å². The Morgan fingerprint density at radius 1 is 1.38 bits per heavy atom. The van der Waals surface area contributed by atoms with Gasteiger partial charge in [0.15, 0.2) is 0 Å². The van der Waals surface area contributed by atoms with Gasteiger partial charge in [-0.2, -0.15) is 0 Å². The molecule has 1 heterocycles. The molecule has 0 radical (unpaired) electrons. The Morgan fingerprint density at radius 3 is 2.81 bits per heavy atom. The van der Waals surface area contributed by atoms with Crippen LogP contribution < -0.4 is 4.74 Å². The van der Waals surface area contributed by atoms with Crippen LogP contribution >= 0.6 is 11.6 Å². The standard InChI is InChI=1S/C17H19ClO3/c1-10-7-13(10)16-5-6-17(21-16)14(19)9-11-8-12(18)3-4-15(11)20-2/h3-6,8,10,13-14,19H,7,9H2,1-2H3. The van der Waals surface area contributed by atoms with Crippen molar-refractivity contribution in [3.63, 3.8) is 0 Å². The van der Waals surface area contributed by atoms with E-state index < -0.39 is 6.10 Å². The van der Waals surface area contributed by atoms with Gasteiger partial charge in [-0.1, -0.05) is 18.5 Å². The van der Waals surface area contributed by atoms with Gasteiger partial charge in [-0.15, -0.1) is 0 Å². The smallest absolute Gasteiger partial charge is 0.133 e. The SMILES string of the molecule is COc1ccc(Cl)cc1CC(O)c1ccc(C2CC2C)o1.